The topological polar surface area (TPSA) is 12.0 Å². The highest BCUT2D eigenvalue weighted by Gasteiger charge is 2.40. The summed E-state index contributed by atoms with van der Waals surface area (Å²) in [6, 6.07) is 16.0. The first-order valence-electron chi connectivity index (χ1n) is 8.34. The van der Waals surface area contributed by atoms with Crippen molar-refractivity contribution < 1.29 is 0 Å². The van der Waals surface area contributed by atoms with Crippen LogP contribution in [0.25, 0.3) is 10.8 Å². The quantitative estimate of drug-likeness (QED) is 0.800. The summed E-state index contributed by atoms with van der Waals surface area (Å²) in [5.74, 6) is 0.725. The Balaban J connectivity index is 2.07. The lowest BCUT2D eigenvalue weighted by atomic mass is 9.74. The van der Waals surface area contributed by atoms with Crippen LogP contribution in [-0.4, -0.2) is 6.54 Å². The Morgan fingerprint density at radius 3 is 2.62 bits per heavy atom. The van der Waals surface area contributed by atoms with E-state index < -0.39 is 0 Å². The van der Waals surface area contributed by atoms with Crippen molar-refractivity contribution in [2.45, 2.75) is 46.1 Å². The highest BCUT2D eigenvalue weighted by molar-refractivity contribution is 5.86. The lowest BCUT2D eigenvalue weighted by Crippen LogP contribution is -2.34. The third kappa shape index (κ3) is 2.72. The van der Waals surface area contributed by atoms with Gasteiger partial charge in [-0.1, -0.05) is 69.7 Å². The van der Waals surface area contributed by atoms with Crippen LogP contribution in [0.2, 0.25) is 0 Å². The normalized spacial score (nSPS) is 22.5. The predicted octanol–water partition coefficient (Wildman–Crippen LogP) is 5.32. The molecule has 2 atom stereocenters. The molecule has 0 spiro atoms. The van der Waals surface area contributed by atoms with Gasteiger partial charge in [0.1, 0.15) is 0 Å². The number of fused-ring (bicyclic) bond motifs is 1. The van der Waals surface area contributed by atoms with Gasteiger partial charge in [0.05, 0.1) is 0 Å². The van der Waals surface area contributed by atoms with E-state index in [9.17, 15) is 0 Å². The summed E-state index contributed by atoms with van der Waals surface area (Å²) in [6.07, 6.45) is 4.06. The lowest BCUT2D eigenvalue weighted by molar-refractivity contribution is 0.200. The van der Waals surface area contributed by atoms with Gasteiger partial charge in [0, 0.05) is 6.04 Å². The Labute approximate surface area is 128 Å². The van der Waals surface area contributed by atoms with Crippen molar-refractivity contribution in [2.24, 2.45) is 11.3 Å². The van der Waals surface area contributed by atoms with Crippen molar-refractivity contribution >= 4 is 10.8 Å². The van der Waals surface area contributed by atoms with E-state index in [1.807, 2.05) is 0 Å². The van der Waals surface area contributed by atoms with Crippen LogP contribution < -0.4 is 5.32 Å². The van der Waals surface area contributed by atoms with Crippen LogP contribution in [0.5, 0.6) is 0 Å². The molecule has 3 rings (SSSR count). The maximum absolute atomic E-state index is 3.79. The van der Waals surface area contributed by atoms with E-state index in [-0.39, 0.29) is 0 Å². The number of nitrogens with one attached hydrogen (secondary N) is 1. The Kier molecular flexibility index (Phi) is 4.03. The van der Waals surface area contributed by atoms with Crippen molar-refractivity contribution in [2.75, 3.05) is 6.54 Å². The Bertz CT molecular complexity index is 609. The summed E-state index contributed by atoms with van der Waals surface area (Å²) in [4.78, 5) is 0. The summed E-state index contributed by atoms with van der Waals surface area (Å²) in [5, 5.41) is 6.55. The first kappa shape index (κ1) is 14.6. The maximum atomic E-state index is 3.79. The van der Waals surface area contributed by atoms with Gasteiger partial charge in [-0.15, -0.1) is 0 Å². The molecule has 112 valence electrons. The zero-order valence-electron chi connectivity index (χ0n) is 13.5. The molecular formula is C20H27N. The molecule has 0 amide bonds. The summed E-state index contributed by atoms with van der Waals surface area (Å²) < 4.78 is 0. The van der Waals surface area contributed by atoms with Gasteiger partial charge in [-0.3, -0.25) is 0 Å². The molecule has 21 heavy (non-hydrogen) atoms. The van der Waals surface area contributed by atoms with Crippen molar-refractivity contribution in [3.63, 3.8) is 0 Å². The second-order valence-corrected chi connectivity index (χ2v) is 7.09. The second-order valence-electron chi connectivity index (χ2n) is 7.09. The molecule has 0 aliphatic heterocycles. The van der Waals surface area contributed by atoms with E-state index in [1.165, 1.54) is 35.6 Å². The number of benzene rings is 2. The monoisotopic (exact) mass is 281 g/mol. The number of hydrogen-bond acceptors (Lipinski definition) is 1. The van der Waals surface area contributed by atoms with Crippen LogP contribution in [0, 0.1) is 11.3 Å². The minimum atomic E-state index is 0.434. The van der Waals surface area contributed by atoms with E-state index >= 15 is 0 Å². The van der Waals surface area contributed by atoms with Gasteiger partial charge < -0.3 is 5.32 Å². The molecule has 0 radical (unpaired) electrons. The summed E-state index contributed by atoms with van der Waals surface area (Å²) in [5.41, 5.74) is 1.92. The molecule has 1 fully saturated rings. The fourth-order valence-corrected chi connectivity index (χ4v) is 4.18. The third-order valence-corrected chi connectivity index (χ3v) is 5.32. The van der Waals surface area contributed by atoms with Gasteiger partial charge in [0.2, 0.25) is 0 Å². The Morgan fingerprint density at radius 1 is 1.14 bits per heavy atom. The van der Waals surface area contributed by atoms with Gasteiger partial charge in [0.25, 0.3) is 0 Å². The van der Waals surface area contributed by atoms with Crippen molar-refractivity contribution in [1.82, 2.24) is 5.32 Å². The Morgan fingerprint density at radius 2 is 1.90 bits per heavy atom. The maximum Gasteiger partial charge on any atom is 0.0359 e. The van der Waals surface area contributed by atoms with Crippen LogP contribution in [-0.2, 0) is 0 Å². The fraction of sp³-hybridized carbons (Fsp3) is 0.500. The zero-order chi connectivity index (χ0) is 14.9. The van der Waals surface area contributed by atoms with Gasteiger partial charge in [-0.05, 0) is 47.1 Å². The largest absolute Gasteiger partial charge is 0.310 e. The smallest absolute Gasteiger partial charge is 0.0359 e. The average Bonchev–Trinajstić information content (AvgIpc) is 2.84. The summed E-state index contributed by atoms with van der Waals surface area (Å²) >= 11 is 0. The SMILES string of the molecule is CCNC(c1cccc2ccccc12)C1CCCC1(C)C. The van der Waals surface area contributed by atoms with Gasteiger partial charge in [0.15, 0.2) is 0 Å². The highest BCUT2D eigenvalue weighted by atomic mass is 14.9. The van der Waals surface area contributed by atoms with Crippen molar-refractivity contribution in [3.8, 4) is 0 Å². The van der Waals surface area contributed by atoms with E-state index in [0.717, 1.165) is 12.5 Å². The van der Waals surface area contributed by atoms with E-state index in [4.69, 9.17) is 0 Å². The fourth-order valence-electron chi connectivity index (χ4n) is 4.18. The molecule has 1 N–H and O–H groups in total. The lowest BCUT2D eigenvalue weighted by Gasteiger charge is -2.35. The highest BCUT2D eigenvalue weighted by Crippen LogP contribution is 2.49. The molecule has 1 aliphatic rings. The van der Waals surface area contributed by atoms with E-state index in [1.54, 1.807) is 0 Å². The first-order chi connectivity index (χ1) is 10.1. The molecule has 0 heterocycles. The van der Waals surface area contributed by atoms with E-state index in [0.29, 0.717) is 11.5 Å². The molecule has 2 aromatic rings. The molecule has 2 unspecified atom stereocenters. The Hall–Kier alpha value is -1.34. The minimum Gasteiger partial charge on any atom is -0.310 e. The van der Waals surface area contributed by atoms with Crippen LogP contribution in [0.15, 0.2) is 42.5 Å². The molecule has 1 nitrogen and oxygen atoms in total. The number of rotatable bonds is 4. The zero-order valence-corrected chi connectivity index (χ0v) is 13.5. The molecule has 1 saturated carbocycles. The molecule has 0 bridgehead atoms. The standard InChI is InChI=1S/C20H27N/c1-4-21-19(18-13-8-14-20(18,2)3)17-12-7-10-15-9-5-6-11-16(15)17/h5-7,9-12,18-19,21H,4,8,13-14H2,1-3H3. The van der Waals surface area contributed by atoms with Gasteiger partial charge in [-0.2, -0.15) is 0 Å². The molecule has 1 heteroatoms. The summed E-state index contributed by atoms with van der Waals surface area (Å²) in [7, 11) is 0. The van der Waals surface area contributed by atoms with Crippen LogP contribution >= 0.6 is 0 Å². The molecule has 1 aliphatic carbocycles. The molecule has 0 saturated heterocycles. The first-order valence-corrected chi connectivity index (χ1v) is 8.34. The summed E-state index contributed by atoms with van der Waals surface area (Å²) in [6.45, 7) is 8.14. The van der Waals surface area contributed by atoms with Crippen LogP contribution in [0.4, 0.5) is 0 Å². The van der Waals surface area contributed by atoms with Crippen molar-refractivity contribution in [1.29, 1.82) is 0 Å². The van der Waals surface area contributed by atoms with Gasteiger partial charge in [-0.25, -0.2) is 0 Å². The van der Waals surface area contributed by atoms with Gasteiger partial charge >= 0.3 is 0 Å². The van der Waals surface area contributed by atoms with Crippen molar-refractivity contribution in [3.05, 3.63) is 48.0 Å². The average molecular weight is 281 g/mol. The van der Waals surface area contributed by atoms with E-state index in [2.05, 4.69) is 68.6 Å². The minimum absolute atomic E-state index is 0.434. The van der Waals surface area contributed by atoms with Crippen LogP contribution in [0.1, 0.15) is 51.6 Å². The van der Waals surface area contributed by atoms with Crippen LogP contribution in [0.3, 0.4) is 0 Å². The molecule has 0 aromatic heterocycles. The predicted molar refractivity (Wildman–Crippen MR) is 91.5 cm³/mol. The molecular weight excluding hydrogens is 254 g/mol. The third-order valence-electron chi connectivity index (χ3n) is 5.32. The molecule has 2 aromatic carbocycles. The second kappa shape index (κ2) is 5.81. The number of hydrogen-bond donors (Lipinski definition) is 1.